The molecule has 0 aliphatic heterocycles. The van der Waals surface area contributed by atoms with E-state index in [0.717, 1.165) is 16.0 Å². The number of guanidine groups is 1. The van der Waals surface area contributed by atoms with Gasteiger partial charge >= 0.3 is 0 Å². The number of rotatable bonds is 3. The Morgan fingerprint density at radius 2 is 1.83 bits per heavy atom. The van der Waals surface area contributed by atoms with Crippen molar-refractivity contribution in [2.45, 2.75) is 0 Å². The summed E-state index contributed by atoms with van der Waals surface area (Å²) in [4.78, 5) is 4.39. The van der Waals surface area contributed by atoms with E-state index in [2.05, 4.69) is 15.6 Å². The van der Waals surface area contributed by atoms with Crippen LogP contribution in [0.4, 0.5) is 5.13 Å². The van der Waals surface area contributed by atoms with Gasteiger partial charge in [0.1, 0.15) is 11.6 Å². The first-order valence-corrected chi connectivity index (χ1v) is 7.68. The Kier molecular flexibility index (Phi) is 4.20. The summed E-state index contributed by atoms with van der Waals surface area (Å²) in [5.74, 6) is 0.861. The van der Waals surface area contributed by atoms with Crippen LogP contribution in [0.25, 0.3) is 10.2 Å². The number of nitrogens with zero attached hydrogens (tertiary/aromatic N) is 1. The fourth-order valence-corrected chi connectivity index (χ4v) is 2.89. The van der Waals surface area contributed by atoms with Crippen molar-refractivity contribution in [2.24, 2.45) is 0 Å². The largest absolute Gasteiger partial charge is 0.497 e. The Balaban J connectivity index is 1.64. The molecule has 0 radical (unpaired) electrons. The molecule has 0 aliphatic rings. The van der Waals surface area contributed by atoms with Gasteiger partial charge in [-0.1, -0.05) is 23.5 Å². The van der Waals surface area contributed by atoms with Crippen molar-refractivity contribution in [3.63, 3.8) is 0 Å². The van der Waals surface area contributed by atoms with Crippen LogP contribution in [-0.2, 0) is 0 Å². The Morgan fingerprint density at radius 3 is 2.52 bits per heavy atom. The molecule has 1 heterocycles. The van der Waals surface area contributed by atoms with Crippen LogP contribution >= 0.6 is 11.3 Å². The van der Waals surface area contributed by atoms with E-state index in [0.29, 0.717) is 10.7 Å². The molecule has 4 N–H and O–H groups in total. The molecule has 0 aliphatic carbocycles. The van der Waals surface area contributed by atoms with Crippen molar-refractivity contribution in [2.75, 3.05) is 12.4 Å². The zero-order chi connectivity index (χ0) is 16.2. The minimum Gasteiger partial charge on any atom is -0.497 e. The molecule has 0 atom stereocenters. The highest BCUT2D eigenvalue weighted by Crippen LogP contribution is 2.25. The quantitative estimate of drug-likeness (QED) is 0.439. The van der Waals surface area contributed by atoms with Crippen LogP contribution in [0.15, 0.2) is 48.5 Å². The first-order valence-electron chi connectivity index (χ1n) is 6.87. The van der Waals surface area contributed by atoms with Crippen LogP contribution in [0.2, 0.25) is 0 Å². The van der Waals surface area contributed by atoms with Gasteiger partial charge < -0.3 is 15.4 Å². The predicted molar refractivity (Wildman–Crippen MR) is 93.9 cm³/mol. The smallest absolute Gasteiger partial charge is 0.200 e. The SMILES string of the molecule is COc1ccc(C(=N)NC(=N)Nc2nc3ccccc3s2)cc1. The van der Waals surface area contributed by atoms with E-state index >= 15 is 0 Å². The summed E-state index contributed by atoms with van der Waals surface area (Å²) in [5, 5.41) is 22.1. The molecule has 116 valence electrons. The number of anilines is 1. The fourth-order valence-electron chi connectivity index (χ4n) is 2.02. The third-order valence-electron chi connectivity index (χ3n) is 3.15. The molecule has 0 fully saturated rings. The van der Waals surface area contributed by atoms with Crippen molar-refractivity contribution in [1.82, 2.24) is 10.3 Å². The van der Waals surface area contributed by atoms with Crippen LogP contribution in [0.3, 0.4) is 0 Å². The van der Waals surface area contributed by atoms with E-state index in [9.17, 15) is 0 Å². The molecule has 6 nitrogen and oxygen atoms in total. The van der Waals surface area contributed by atoms with Crippen molar-refractivity contribution < 1.29 is 4.74 Å². The van der Waals surface area contributed by atoms with Gasteiger partial charge in [-0.05, 0) is 36.4 Å². The summed E-state index contributed by atoms with van der Waals surface area (Å²) < 4.78 is 6.13. The highest BCUT2D eigenvalue weighted by atomic mass is 32.1. The molecule has 0 saturated carbocycles. The summed E-state index contributed by atoms with van der Waals surface area (Å²) >= 11 is 1.46. The third-order valence-corrected chi connectivity index (χ3v) is 4.11. The molecule has 2 aromatic carbocycles. The molecule has 3 aromatic rings. The van der Waals surface area contributed by atoms with Crippen LogP contribution in [0.1, 0.15) is 5.56 Å². The zero-order valence-corrected chi connectivity index (χ0v) is 13.2. The minimum absolute atomic E-state index is 0.00451. The van der Waals surface area contributed by atoms with Gasteiger partial charge in [-0.15, -0.1) is 0 Å². The number of hydrogen-bond donors (Lipinski definition) is 4. The molecule has 23 heavy (non-hydrogen) atoms. The van der Waals surface area contributed by atoms with Gasteiger partial charge in [0, 0.05) is 5.56 Å². The molecule has 0 amide bonds. The fraction of sp³-hybridized carbons (Fsp3) is 0.0625. The standard InChI is InChI=1S/C16H15N5OS/c1-22-11-8-6-10(7-9-11)14(17)20-15(18)21-16-19-12-4-2-3-5-13(12)23-16/h2-9H,1H3,(H4,17,18,19,20,21). The summed E-state index contributed by atoms with van der Waals surface area (Å²) in [6.45, 7) is 0. The Labute approximate surface area is 137 Å². The summed E-state index contributed by atoms with van der Waals surface area (Å²) in [6.07, 6.45) is 0. The van der Waals surface area contributed by atoms with Crippen LogP contribution in [0.5, 0.6) is 5.75 Å². The number of fused-ring (bicyclic) bond motifs is 1. The maximum Gasteiger partial charge on any atom is 0.200 e. The maximum absolute atomic E-state index is 8.01. The number of aromatic nitrogens is 1. The average Bonchev–Trinajstić information content (AvgIpc) is 2.96. The first kappa shape index (κ1) is 15.0. The first-order chi connectivity index (χ1) is 11.2. The molecular formula is C16H15N5OS. The second kappa shape index (κ2) is 6.45. The number of thiazole rings is 1. The van der Waals surface area contributed by atoms with Crippen molar-refractivity contribution in [1.29, 1.82) is 10.8 Å². The van der Waals surface area contributed by atoms with Crippen molar-refractivity contribution >= 4 is 38.5 Å². The number of methoxy groups -OCH3 is 1. The number of nitrogens with one attached hydrogen (secondary N) is 4. The lowest BCUT2D eigenvalue weighted by Gasteiger charge is -2.10. The van der Waals surface area contributed by atoms with Gasteiger partial charge in [0.25, 0.3) is 0 Å². The van der Waals surface area contributed by atoms with Gasteiger partial charge in [-0.25, -0.2) is 4.98 Å². The molecule has 0 unspecified atom stereocenters. The van der Waals surface area contributed by atoms with E-state index in [1.807, 2.05) is 24.3 Å². The Bertz CT molecular complexity index is 823. The summed E-state index contributed by atoms with van der Waals surface area (Å²) in [5.41, 5.74) is 1.56. The number of amidine groups is 1. The van der Waals surface area contributed by atoms with Crippen LogP contribution in [-0.4, -0.2) is 23.9 Å². The average molecular weight is 325 g/mol. The number of para-hydroxylation sites is 1. The molecule has 7 heteroatoms. The van der Waals surface area contributed by atoms with Crippen molar-refractivity contribution in [3.8, 4) is 5.75 Å². The van der Waals surface area contributed by atoms with E-state index in [4.69, 9.17) is 15.6 Å². The normalized spacial score (nSPS) is 10.3. The number of ether oxygens (including phenoxy) is 1. The summed E-state index contributed by atoms with van der Waals surface area (Å²) in [7, 11) is 1.59. The van der Waals surface area contributed by atoms with Crippen LogP contribution in [0, 0.1) is 10.8 Å². The molecule has 0 spiro atoms. The van der Waals surface area contributed by atoms with Gasteiger partial charge in [0.2, 0.25) is 0 Å². The Morgan fingerprint density at radius 1 is 1.09 bits per heavy atom. The van der Waals surface area contributed by atoms with E-state index in [-0.39, 0.29) is 11.8 Å². The lowest BCUT2D eigenvalue weighted by molar-refractivity contribution is 0.415. The van der Waals surface area contributed by atoms with E-state index in [1.54, 1.807) is 31.4 Å². The Hall–Kier alpha value is -2.93. The highest BCUT2D eigenvalue weighted by Gasteiger charge is 2.08. The zero-order valence-electron chi connectivity index (χ0n) is 12.4. The summed E-state index contributed by atoms with van der Waals surface area (Å²) in [6, 6.07) is 14.9. The van der Waals surface area contributed by atoms with E-state index < -0.39 is 0 Å². The predicted octanol–water partition coefficient (Wildman–Crippen LogP) is 3.27. The minimum atomic E-state index is 0.00451. The van der Waals surface area contributed by atoms with Gasteiger partial charge in [0.15, 0.2) is 11.1 Å². The van der Waals surface area contributed by atoms with Gasteiger partial charge in [-0.3, -0.25) is 10.8 Å². The molecular weight excluding hydrogens is 310 g/mol. The van der Waals surface area contributed by atoms with Gasteiger partial charge in [0.05, 0.1) is 17.3 Å². The van der Waals surface area contributed by atoms with E-state index in [1.165, 1.54) is 11.3 Å². The molecule has 0 bridgehead atoms. The maximum atomic E-state index is 8.01. The van der Waals surface area contributed by atoms with Crippen LogP contribution < -0.4 is 15.4 Å². The lowest BCUT2D eigenvalue weighted by atomic mass is 10.2. The lowest BCUT2D eigenvalue weighted by Crippen LogP contribution is -2.35. The second-order valence-corrected chi connectivity index (χ2v) is 5.75. The number of hydrogen-bond acceptors (Lipinski definition) is 5. The molecule has 3 rings (SSSR count). The van der Waals surface area contributed by atoms with Gasteiger partial charge in [-0.2, -0.15) is 0 Å². The topological polar surface area (TPSA) is 93.9 Å². The second-order valence-electron chi connectivity index (χ2n) is 4.72. The van der Waals surface area contributed by atoms with Crippen molar-refractivity contribution in [3.05, 3.63) is 54.1 Å². The highest BCUT2D eigenvalue weighted by molar-refractivity contribution is 7.22. The third kappa shape index (κ3) is 3.46. The monoisotopic (exact) mass is 325 g/mol. The number of benzene rings is 2. The molecule has 0 saturated heterocycles. The molecule has 1 aromatic heterocycles.